The number of pyridine rings is 1. The molecule has 0 bridgehead atoms. The minimum atomic E-state index is 0.402. The van der Waals surface area contributed by atoms with Crippen molar-refractivity contribution in [1.82, 2.24) is 4.98 Å². The Kier molecular flexibility index (Phi) is 5.50. The van der Waals surface area contributed by atoms with Crippen LogP contribution in [0.25, 0.3) is 5.57 Å². The molecule has 0 spiro atoms. The molecule has 4 aliphatic rings. The first-order valence-corrected chi connectivity index (χ1v) is 11.8. The molecule has 0 radical (unpaired) electrons. The summed E-state index contributed by atoms with van der Waals surface area (Å²) in [7, 11) is 0. The van der Waals surface area contributed by atoms with Gasteiger partial charge < -0.3 is 0 Å². The van der Waals surface area contributed by atoms with Gasteiger partial charge in [-0.2, -0.15) is 0 Å². The predicted octanol–water partition coefficient (Wildman–Crippen LogP) is 7.39. The van der Waals surface area contributed by atoms with Gasteiger partial charge in [0.1, 0.15) is 0 Å². The molecule has 1 heterocycles. The van der Waals surface area contributed by atoms with E-state index in [2.05, 4.69) is 43.2 Å². The van der Waals surface area contributed by atoms with Crippen molar-refractivity contribution in [3.63, 3.8) is 0 Å². The number of fused-ring (bicyclic) bond motifs is 5. The Morgan fingerprint density at radius 3 is 2.59 bits per heavy atom. The zero-order valence-electron chi connectivity index (χ0n) is 18.0. The van der Waals surface area contributed by atoms with E-state index in [1.807, 2.05) is 20.0 Å². The summed E-state index contributed by atoms with van der Waals surface area (Å²) in [6, 6.07) is 4.38. The van der Waals surface area contributed by atoms with Crippen molar-refractivity contribution in [3.8, 4) is 0 Å². The van der Waals surface area contributed by atoms with Crippen LogP contribution < -0.4 is 0 Å². The molecule has 0 aromatic carbocycles. The van der Waals surface area contributed by atoms with Crippen molar-refractivity contribution in [3.05, 3.63) is 36.2 Å². The number of aromatic nitrogens is 1. The van der Waals surface area contributed by atoms with Gasteiger partial charge in [0.05, 0.1) is 0 Å². The van der Waals surface area contributed by atoms with E-state index in [9.17, 15) is 0 Å². The van der Waals surface area contributed by atoms with Crippen LogP contribution in [0, 0.1) is 40.9 Å². The first kappa shape index (κ1) is 19.2. The molecule has 3 saturated carbocycles. The molecule has 1 aromatic rings. The lowest BCUT2D eigenvalue weighted by Gasteiger charge is -2.56. The highest BCUT2D eigenvalue weighted by atomic mass is 14.6. The smallest absolute Gasteiger partial charge is 0.0343 e. The topological polar surface area (TPSA) is 12.9 Å². The van der Waals surface area contributed by atoms with E-state index < -0.39 is 0 Å². The van der Waals surface area contributed by atoms with Crippen molar-refractivity contribution >= 4 is 5.57 Å². The van der Waals surface area contributed by atoms with Gasteiger partial charge in [-0.15, -0.1) is 0 Å². The number of nitrogens with zero attached hydrogens (tertiary/aromatic N) is 1. The second kappa shape index (κ2) is 7.72. The Labute approximate surface area is 167 Å². The van der Waals surface area contributed by atoms with Crippen molar-refractivity contribution < 1.29 is 0 Å². The molecule has 7 atom stereocenters. The summed E-state index contributed by atoms with van der Waals surface area (Å²) >= 11 is 0. The second-order valence-corrected chi connectivity index (χ2v) is 9.91. The first-order chi connectivity index (χ1) is 13.2. The van der Waals surface area contributed by atoms with Crippen molar-refractivity contribution in [2.45, 2.75) is 79.1 Å². The van der Waals surface area contributed by atoms with E-state index in [4.69, 9.17) is 0 Å². The van der Waals surface area contributed by atoms with E-state index in [0.717, 1.165) is 35.5 Å². The van der Waals surface area contributed by atoms with E-state index >= 15 is 0 Å². The van der Waals surface area contributed by atoms with Gasteiger partial charge in [-0.3, -0.25) is 4.98 Å². The molecule has 0 amide bonds. The molecule has 4 aliphatic carbocycles. The zero-order valence-corrected chi connectivity index (χ0v) is 18.0. The van der Waals surface area contributed by atoms with Gasteiger partial charge in [-0.25, -0.2) is 0 Å². The maximum absolute atomic E-state index is 4.40. The number of allylic oxidation sites excluding steroid dienone is 2. The maximum Gasteiger partial charge on any atom is 0.0343 e. The third-order valence-corrected chi connectivity index (χ3v) is 8.77. The lowest BCUT2D eigenvalue weighted by atomic mass is 9.49. The molecule has 1 aromatic heterocycles. The second-order valence-electron chi connectivity index (χ2n) is 9.91. The van der Waals surface area contributed by atoms with Crippen LogP contribution in [-0.4, -0.2) is 4.98 Å². The summed E-state index contributed by atoms with van der Waals surface area (Å²) in [5.74, 6) is 6.01. The summed E-state index contributed by atoms with van der Waals surface area (Å²) in [6.07, 6.45) is 18.3. The van der Waals surface area contributed by atoms with E-state index in [1.165, 1.54) is 56.9 Å². The van der Waals surface area contributed by atoms with Gasteiger partial charge in [0, 0.05) is 12.4 Å². The minimum absolute atomic E-state index is 0.402. The van der Waals surface area contributed by atoms with E-state index in [1.54, 1.807) is 5.57 Å². The molecule has 0 aliphatic heterocycles. The Morgan fingerprint density at radius 2 is 1.81 bits per heavy atom. The van der Waals surface area contributed by atoms with Crippen molar-refractivity contribution in [2.75, 3.05) is 0 Å². The molecule has 148 valence electrons. The molecule has 3 fully saturated rings. The molecule has 7 unspecified atom stereocenters. The largest absolute Gasteiger partial charge is 0.264 e. The summed E-state index contributed by atoms with van der Waals surface area (Å²) < 4.78 is 0. The molecule has 0 N–H and O–H groups in total. The Hall–Kier alpha value is -1.11. The highest BCUT2D eigenvalue weighted by Crippen LogP contribution is 2.64. The van der Waals surface area contributed by atoms with Gasteiger partial charge in [-0.1, -0.05) is 46.3 Å². The van der Waals surface area contributed by atoms with Crippen LogP contribution in [0.5, 0.6) is 0 Å². The molecule has 1 nitrogen and oxygen atoms in total. The molecule has 1 heteroatoms. The Morgan fingerprint density at radius 1 is 1.00 bits per heavy atom. The average molecular weight is 366 g/mol. The van der Waals surface area contributed by atoms with Gasteiger partial charge in [0.25, 0.3) is 0 Å². The zero-order chi connectivity index (χ0) is 19.0. The van der Waals surface area contributed by atoms with Crippen molar-refractivity contribution in [2.24, 2.45) is 40.9 Å². The summed E-state index contributed by atoms with van der Waals surface area (Å²) in [6.45, 7) is 9.07. The normalized spacial score (nSPS) is 42.7. The lowest BCUT2D eigenvalue weighted by Crippen LogP contribution is -2.47. The average Bonchev–Trinajstić information content (AvgIpc) is 3.07. The fraction of sp³-hybridized carbons (Fsp3) is 0.731. The third kappa shape index (κ3) is 3.19. The summed E-state index contributed by atoms with van der Waals surface area (Å²) in [5.41, 5.74) is 3.40. The van der Waals surface area contributed by atoms with E-state index in [0.29, 0.717) is 5.41 Å². The van der Waals surface area contributed by atoms with Gasteiger partial charge in [-0.05, 0) is 103 Å². The number of hydrogen-bond donors (Lipinski definition) is 0. The molecular formula is C26H39N. The molecular weight excluding hydrogens is 326 g/mol. The monoisotopic (exact) mass is 365 g/mol. The fourth-order valence-corrected chi connectivity index (χ4v) is 7.62. The third-order valence-electron chi connectivity index (χ3n) is 8.77. The van der Waals surface area contributed by atoms with E-state index in [-0.39, 0.29) is 0 Å². The predicted molar refractivity (Wildman–Crippen MR) is 115 cm³/mol. The van der Waals surface area contributed by atoms with Gasteiger partial charge in [0.15, 0.2) is 0 Å². The van der Waals surface area contributed by atoms with Crippen LogP contribution in [0.1, 0.15) is 84.6 Å². The number of hydrogen-bond acceptors (Lipinski definition) is 1. The van der Waals surface area contributed by atoms with Crippen LogP contribution in [0.3, 0.4) is 0 Å². The summed E-state index contributed by atoms with van der Waals surface area (Å²) in [4.78, 5) is 4.40. The Bertz CT molecular complexity index is 662. The number of rotatable bonds is 1. The highest BCUT2D eigenvalue weighted by Gasteiger charge is 2.54. The molecule has 5 rings (SSSR count). The molecule has 0 saturated heterocycles. The Balaban J connectivity index is 0.000000872. The lowest BCUT2D eigenvalue weighted by molar-refractivity contribution is -0.0443. The first-order valence-electron chi connectivity index (χ1n) is 11.8. The van der Waals surface area contributed by atoms with Crippen LogP contribution in [0.15, 0.2) is 30.6 Å². The quantitative estimate of drug-likeness (QED) is 0.505. The van der Waals surface area contributed by atoms with Crippen LogP contribution in [0.4, 0.5) is 0 Å². The standard InChI is InChI=1S/C24H33N.C2H6/c1-16-5-7-19-17(14-16)6-8-21-20(19)11-12-24(2)22(9-10-23(21)24)18-4-3-13-25-15-18;1-2/h3-4,9,13,15-17,19-21,23H,5-8,10-12,14H2,1-2H3;1-2H3. The van der Waals surface area contributed by atoms with Crippen molar-refractivity contribution in [1.29, 1.82) is 0 Å². The SMILES string of the molecule is CC.CC1CCC2C(CCC3C2CCC2(C)C(c4cccnc4)=CCC32)C1. The van der Waals surface area contributed by atoms with Crippen LogP contribution in [0.2, 0.25) is 0 Å². The van der Waals surface area contributed by atoms with Gasteiger partial charge in [0.2, 0.25) is 0 Å². The maximum atomic E-state index is 4.40. The minimum Gasteiger partial charge on any atom is -0.264 e. The van der Waals surface area contributed by atoms with Crippen LogP contribution >= 0.6 is 0 Å². The van der Waals surface area contributed by atoms with Crippen LogP contribution in [-0.2, 0) is 0 Å². The van der Waals surface area contributed by atoms with Gasteiger partial charge >= 0.3 is 0 Å². The molecule has 27 heavy (non-hydrogen) atoms. The summed E-state index contributed by atoms with van der Waals surface area (Å²) in [5, 5.41) is 0. The highest BCUT2D eigenvalue weighted by molar-refractivity contribution is 5.72. The fourth-order valence-electron chi connectivity index (χ4n) is 7.62.